The van der Waals surface area contributed by atoms with E-state index in [0.717, 1.165) is 16.6 Å². The van der Waals surface area contributed by atoms with Gasteiger partial charge in [-0.15, -0.1) is 5.10 Å². The highest BCUT2D eigenvalue weighted by molar-refractivity contribution is 5.79. The van der Waals surface area contributed by atoms with Gasteiger partial charge in [0, 0.05) is 6.54 Å². The molecule has 6 heteroatoms. The molecule has 0 aliphatic carbocycles. The molecule has 0 aliphatic heterocycles. The van der Waals surface area contributed by atoms with Crippen molar-refractivity contribution in [3.8, 4) is 0 Å². The molecule has 0 radical (unpaired) electrons. The molecular formula is C16H15FN4O. The van der Waals surface area contributed by atoms with Crippen molar-refractivity contribution in [2.75, 3.05) is 6.54 Å². The average molecular weight is 298 g/mol. The summed E-state index contributed by atoms with van der Waals surface area (Å²) in [4.78, 5) is 11.9. The van der Waals surface area contributed by atoms with Gasteiger partial charge in [0.2, 0.25) is 5.91 Å². The molecule has 22 heavy (non-hydrogen) atoms. The first-order valence-corrected chi connectivity index (χ1v) is 7.02. The van der Waals surface area contributed by atoms with Crippen LogP contribution >= 0.6 is 0 Å². The minimum atomic E-state index is -0.266. The van der Waals surface area contributed by atoms with E-state index in [2.05, 4.69) is 15.6 Å². The van der Waals surface area contributed by atoms with Crippen LogP contribution in [-0.4, -0.2) is 27.4 Å². The van der Waals surface area contributed by atoms with Gasteiger partial charge in [0.05, 0.1) is 5.52 Å². The lowest BCUT2D eigenvalue weighted by Crippen LogP contribution is -2.29. The zero-order valence-electron chi connectivity index (χ0n) is 11.9. The lowest BCUT2D eigenvalue weighted by Gasteiger charge is -2.06. The van der Waals surface area contributed by atoms with Crippen LogP contribution in [0.2, 0.25) is 0 Å². The fourth-order valence-corrected chi connectivity index (χ4v) is 2.26. The highest BCUT2D eigenvalue weighted by atomic mass is 19.1. The van der Waals surface area contributed by atoms with Gasteiger partial charge in [-0.05, 0) is 36.2 Å². The second-order valence-electron chi connectivity index (χ2n) is 4.97. The number of amides is 1. The number of aromatic nitrogens is 3. The number of nitrogens with one attached hydrogen (secondary N) is 1. The number of benzene rings is 2. The Morgan fingerprint density at radius 2 is 2.05 bits per heavy atom. The second kappa shape index (κ2) is 6.34. The number of hydrogen-bond acceptors (Lipinski definition) is 3. The molecule has 2 aromatic carbocycles. The van der Waals surface area contributed by atoms with E-state index >= 15 is 0 Å². The summed E-state index contributed by atoms with van der Waals surface area (Å²) < 4.78 is 14.6. The first-order valence-electron chi connectivity index (χ1n) is 7.02. The Balaban J connectivity index is 1.54. The van der Waals surface area contributed by atoms with E-state index in [1.807, 2.05) is 30.3 Å². The van der Waals surface area contributed by atoms with E-state index in [1.165, 1.54) is 12.1 Å². The molecule has 0 fully saturated rings. The highest BCUT2D eigenvalue weighted by Gasteiger charge is 2.08. The molecule has 0 unspecified atom stereocenters. The number of rotatable bonds is 5. The predicted molar refractivity (Wildman–Crippen MR) is 80.6 cm³/mol. The standard InChI is InChI=1S/C16H15FN4O/c17-13-5-3-4-12(10-13)8-9-18-16(22)11-21-15-7-2-1-6-14(15)19-20-21/h1-7,10H,8-9,11H2,(H,18,22). The quantitative estimate of drug-likeness (QED) is 0.783. The van der Waals surface area contributed by atoms with Crippen molar-refractivity contribution in [3.05, 3.63) is 59.9 Å². The van der Waals surface area contributed by atoms with Gasteiger partial charge in [-0.1, -0.05) is 29.5 Å². The Bertz CT molecular complexity index is 799. The molecule has 3 rings (SSSR count). The van der Waals surface area contributed by atoms with Crippen molar-refractivity contribution in [1.82, 2.24) is 20.3 Å². The van der Waals surface area contributed by atoms with Crippen LogP contribution in [0.15, 0.2) is 48.5 Å². The molecule has 0 atom stereocenters. The monoisotopic (exact) mass is 298 g/mol. The second-order valence-corrected chi connectivity index (χ2v) is 4.97. The smallest absolute Gasteiger partial charge is 0.241 e. The molecule has 0 bridgehead atoms. The van der Waals surface area contributed by atoms with Gasteiger partial charge in [0.1, 0.15) is 17.9 Å². The van der Waals surface area contributed by atoms with Crippen LogP contribution in [0.1, 0.15) is 5.56 Å². The van der Waals surface area contributed by atoms with Gasteiger partial charge in [-0.3, -0.25) is 4.79 Å². The molecule has 1 aromatic heterocycles. The number of carbonyl (C=O) groups is 1. The SMILES string of the molecule is O=C(Cn1nnc2ccccc21)NCCc1cccc(F)c1. The minimum Gasteiger partial charge on any atom is -0.354 e. The summed E-state index contributed by atoms with van der Waals surface area (Å²) in [5.41, 5.74) is 2.43. The van der Waals surface area contributed by atoms with Crippen LogP contribution in [0, 0.1) is 5.82 Å². The molecular weight excluding hydrogens is 283 g/mol. The lowest BCUT2D eigenvalue weighted by molar-refractivity contribution is -0.121. The number of carbonyl (C=O) groups excluding carboxylic acids is 1. The maximum Gasteiger partial charge on any atom is 0.241 e. The van der Waals surface area contributed by atoms with E-state index in [9.17, 15) is 9.18 Å². The number of fused-ring (bicyclic) bond motifs is 1. The van der Waals surface area contributed by atoms with E-state index in [1.54, 1.807) is 10.7 Å². The lowest BCUT2D eigenvalue weighted by atomic mass is 10.1. The van der Waals surface area contributed by atoms with Gasteiger partial charge >= 0.3 is 0 Å². The largest absolute Gasteiger partial charge is 0.354 e. The summed E-state index contributed by atoms with van der Waals surface area (Å²) in [6, 6.07) is 13.8. The Morgan fingerprint density at radius 1 is 1.18 bits per heavy atom. The Labute approximate surface area is 126 Å². The van der Waals surface area contributed by atoms with Crippen LogP contribution in [0.4, 0.5) is 4.39 Å². The molecule has 0 saturated carbocycles. The maximum absolute atomic E-state index is 13.0. The zero-order chi connectivity index (χ0) is 15.4. The first kappa shape index (κ1) is 14.2. The Morgan fingerprint density at radius 3 is 2.91 bits per heavy atom. The van der Waals surface area contributed by atoms with Crippen molar-refractivity contribution in [3.63, 3.8) is 0 Å². The zero-order valence-corrected chi connectivity index (χ0v) is 11.9. The van der Waals surface area contributed by atoms with Crippen molar-refractivity contribution in [1.29, 1.82) is 0 Å². The number of hydrogen-bond donors (Lipinski definition) is 1. The average Bonchev–Trinajstić information content (AvgIpc) is 2.91. The third-order valence-electron chi connectivity index (χ3n) is 3.34. The third-order valence-corrected chi connectivity index (χ3v) is 3.34. The normalized spacial score (nSPS) is 10.8. The van der Waals surface area contributed by atoms with Crippen molar-refractivity contribution >= 4 is 16.9 Å². The molecule has 1 amide bonds. The molecule has 112 valence electrons. The molecule has 1 N–H and O–H groups in total. The van der Waals surface area contributed by atoms with E-state index in [-0.39, 0.29) is 18.3 Å². The van der Waals surface area contributed by atoms with Crippen molar-refractivity contribution in [2.45, 2.75) is 13.0 Å². The summed E-state index contributed by atoms with van der Waals surface area (Å²) in [7, 11) is 0. The van der Waals surface area contributed by atoms with E-state index in [4.69, 9.17) is 0 Å². The van der Waals surface area contributed by atoms with Crippen LogP contribution < -0.4 is 5.32 Å². The Hall–Kier alpha value is -2.76. The van der Waals surface area contributed by atoms with E-state index in [0.29, 0.717) is 13.0 Å². The Kier molecular flexibility index (Phi) is 4.09. The fraction of sp³-hybridized carbons (Fsp3) is 0.188. The number of halogens is 1. The number of nitrogens with zero attached hydrogens (tertiary/aromatic N) is 3. The first-order chi connectivity index (χ1) is 10.7. The minimum absolute atomic E-state index is 0.115. The molecule has 3 aromatic rings. The molecule has 5 nitrogen and oxygen atoms in total. The van der Waals surface area contributed by atoms with Gasteiger partial charge < -0.3 is 5.32 Å². The molecule has 0 aliphatic rings. The molecule has 0 spiro atoms. The molecule has 0 saturated heterocycles. The summed E-state index contributed by atoms with van der Waals surface area (Å²) in [5.74, 6) is -0.412. The third kappa shape index (κ3) is 3.28. The molecule has 1 heterocycles. The van der Waals surface area contributed by atoms with E-state index < -0.39 is 0 Å². The predicted octanol–water partition coefficient (Wildman–Crippen LogP) is 1.93. The van der Waals surface area contributed by atoms with Gasteiger partial charge in [-0.2, -0.15) is 0 Å². The van der Waals surface area contributed by atoms with Crippen molar-refractivity contribution < 1.29 is 9.18 Å². The van der Waals surface area contributed by atoms with Crippen LogP contribution in [-0.2, 0) is 17.8 Å². The summed E-state index contributed by atoms with van der Waals surface area (Å²) >= 11 is 0. The van der Waals surface area contributed by atoms with Gasteiger partial charge in [-0.25, -0.2) is 9.07 Å². The number of para-hydroxylation sites is 1. The van der Waals surface area contributed by atoms with Gasteiger partial charge in [0.25, 0.3) is 0 Å². The topological polar surface area (TPSA) is 59.8 Å². The fourth-order valence-electron chi connectivity index (χ4n) is 2.26. The summed E-state index contributed by atoms with van der Waals surface area (Å²) in [5, 5.41) is 10.8. The summed E-state index contributed by atoms with van der Waals surface area (Å²) in [6.07, 6.45) is 0.585. The highest BCUT2D eigenvalue weighted by Crippen LogP contribution is 2.09. The van der Waals surface area contributed by atoms with Crippen LogP contribution in [0.25, 0.3) is 11.0 Å². The summed E-state index contributed by atoms with van der Waals surface area (Å²) in [6.45, 7) is 0.568. The maximum atomic E-state index is 13.0. The van der Waals surface area contributed by atoms with Crippen LogP contribution in [0.3, 0.4) is 0 Å². The van der Waals surface area contributed by atoms with Gasteiger partial charge in [0.15, 0.2) is 0 Å². The van der Waals surface area contributed by atoms with Crippen molar-refractivity contribution in [2.24, 2.45) is 0 Å². The van der Waals surface area contributed by atoms with Crippen LogP contribution in [0.5, 0.6) is 0 Å².